The van der Waals surface area contributed by atoms with Crippen LogP contribution >= 0.6 is 0 Å². The molecular weight excluding hydrogens is 352 g/mol. The molecule has 1 aliphatic rings. The van der Waals surface area contributed by atoms with E-state index >= 15 is 0 Å². The lowest BCUT2D eigenvalue weighted by atomic mass is 10.1. The van der Waals surface area contributed by atoms with Crippen molar-refractivity contribution in [1.29, 1.82) is 0 Å². The van der Waals surface area contributed by atoms with E-state index in [1.54, 1.807) is 24.4 Å². The maximum atomic E-state index is 14.6. The van der Waals surface area contributed by atoms with Gasteiger partial charge in [0.2, 0.25) is 5.91 Å². The van der Waals surface area contributed by atoms with Gasteiger partial charge in [0.25, 0.3) is 0 Å². The Kier molecular flexibility index (Phi) is 4.09. The summed E-state index contributed by atoms with van der Waals surface area (Å²) in [6, 6.07) is 6.41. The summed E-state index contributed by atoms with van der Waals surface area (Å²) in [7, 11) is 3.32. The molecule has 5 nitrogen and oxygen atoms in total. The van der Waals surface area contributed by atoms with Crippen LogP contribution in [-0.2, 0) is 11.8 Å². The molecule has 2 unspecified atom stereocenters. The van der Waals surface area contributed by atoms with Crippen molar-refractivity contribution in [3.63, 3.8) is 0 Å². The monoisotopic (exact) mass is 371 g/mol. The summed E-state index contributed by atoms with van der Waals surface area (Å²) in [5.74, 6) is -0.549. The molecule has 7 heteroatoms. The van der Waals surface area contributed by atoms with Crippen LogP contribution in [0.1, 0.15) is 12.0 Å². The summed E-state index contributed by atoms with van der Waals surface area (Å²) in [4.78, 5) is 16.2. The van der Waals surface area contributed by atoms with Crippen molar-refractivity contribution in [2.75, 3.05) is 12.4 Å². The Bertz CT molecular complexity index is 1060. The van der Waals surface area contributed by atoms with Gasteiger partial charge in [0.1, 0.15) is 23.6 Å². The molecule has 2 aromatic heterocycles. The molecule has 0 bridgehead atoms. The highest BCUT2D eigenvalue weighted by molar-refractivity contribution is 5.97. The molecule has 0 spiro atoms. The van der Waals surface area contributed by atoms with Gasteiger partial charge in [0.15, 0.2) is 0 Å². The van der Waals surface area contributed by atoms with Gasteiger partial charge in [-0.1, -0.05) is 6.07 Å². The third kappa shape index (κ3) is 2.83. The lowest BCUT2D eigenvalue weighted by Crippen LogP contribution is -2.15. The van der Waals surface area contributed by atoms with Crippen LogP contribution in [-0.4, -0.2) is 28.7 Å². The number of ether oxygens (including phenoxy) is 1. The number of hydrogen-bond acceptors (Lipinski definition) is 3. The standard InChI is InChI=1S/C20H19F2N3O2/c1-10-12-9-23-17(24-20(26)11-7-14(11)22)8-15(12)25(2)19(10)18-13(21)5-4-6-16(18)27-3/h4-6,8-9,11,14H,7H2,1-3H3,(H,23,24,26). The number of fused-ring (bicyclic) bond motifs is 1. The van der Waals surface area contributed by atoms with E-state index in [-0.39, 0.29) is 18.1 Å². The molecule has 2 heterocycles. The van der Waals surface area contributed by atoms with Crippen molar-refractivity contribution in [3.05, 3.63) is 41.8 Å². The van der Waals surface area contributed by atoms with Gasteiger partial charge in [0, 0.05) is 24.7 Å². The average Bonchev–Trinajstić information content (AvgIpc) is 3.34. The largest absolute Gasteiger partial charge is 0.496 e. The topological polar surface area (TPSA) is 56.1 Å². The summed E-state index contributed by atoms with van der Waals surface area (Å²) >= 11 is 0. The second-order valence-electron chi connectivity index (χ2n) is 6.78. The zero-order valence-corrected chi connectivity index (χ0v) is 15.2. The van der Waals surface area contributed by atoms with Gasteiger partial charge < -0.3 is 14.6 Å². The first-order valence-electron chi connectivity index (χ1n) is 8.65. The summed E-state index contributed by atoms with van der Waals surface area (Å²) in [6.45, 7) is 1.89. The molecule has 4 rings (SSSR count). The Morgan fingerprint density at radius 1 is 1.41 bits per heavy atom. The van der Waals surface area contributed by atoms with Gasteiger partial charge in [-0.3, -0.25) is 4.79 Å². The number of benzene rings is 1. The molecular formula is C20H19F2N3O2. The molecule has 1 N–H and O–H groups in total. The molecule has 0 saturated heterocycles. The van der Waals surface area contributed by atoms with E-state index in [0.717, 1.165) is 16.5 Å². The zero-order chi connectivity index (χ0) is 19.3. The Morgan fingerprint density at radius 2 is 2.15 bits per heavy atom. The van der Waals surface area contributed by atoms with Crippen LogP contribution in [0.4, 0.5) is 14.6 Å². The number of nitrogens with one attached hydrogen (secondary N) is 1. The van der Waals surface area contributed by atoms with Gasteiger partial charge in [-0.15, -0.1) is 0 Å². The van der Waals surface area contributed by atoms with Gasteiger partial charge in [-0.25, -0.2) is 13.8 Å². The first-order chi connectivity index (χ1) is 12.9. The molecule has 0 aliphatic heterocycles. The van der Waals surface area contributed by atoms with Crippen LogP contribution in [0, 0.1) is 18.7 Å². The minimum absolute atomic E-state index is 0.258. The fourth-order valence-electron chi connectivity index (χ4n) is 3.49. The fraction of sp³-hybridized carbons (Fsp3) is 0.300. The lowest BCUT2D eigenvalue weighted by molar-refractivity contribution is -0.117. The van der Waals surface area contributed by atoms with Crippen LogP contribution in [0.3, 0.4) is 0 Å². The number of aryl methyl sites for hydroxylation is 2. The summed E-state index contributed by atoms with van der Waals surface area (Å²) in [5.41, 5.74) is 2.69. The number of alkyl halides is 1. The molecule has 0 radical (unpaired) electrons. The van der Waals surface area contributed by atoms with E-state index in [9.17, 15) is 13.6 Å². The normalized spacial score (nSPS) is 18.6. The lowest BCUT2D eigenvalue weighted by Gasteiger charge is -2.12. The van der Waals surface area contributed by atoms with Crippen molar-refractivity contribution in [1.82, 2.24) is 9.55 Å². The Labute approximate surface area is 155 Å². The number of carbonyl (C=O) groups is 1. The van der Waals surface area contributed by atoms with E-state index in [0.29, 0.717) is 22.8 Å². The molecule has 27 heavy (non-hydrogen) atoms. The summed E-state index contributed by atoms with van der Waals surface area (Å²) in [6.07, 6.45) is 0.831. The van der Waals surface area contributed by atoms with Crippen molar-refractivity contribution < 1.29 is 18.3 Å². The molecule has 140 valence electrons. The number of aromatic nitrogens is 2. The van der Waals surface area contributed by atoms with Gasteiger partial charge in [0.05, 0.1) is 29.8 Å². The Morgan fingerprint density at radius 3 is 2.81 bits per heavy atom. The highest BCUT2D eigenvalue weighted by Gasteiger charge is 2.43. The van der Waals surface area contributed by atoms with Crippen LogP contribution in [0.15, 0.2) is 30.5 Å². The Hall–Kier alpha value is -2.96. The zero-order valence-electron chi connectivity index (χ0n) is 15.2. The highest BCUT2D eigenvalue weighted by atomic mass is 19.1. The van der Waals surface area contributed by atoms with E-state index < -0.39 is 12.1 Å². The number of halogens is 2. The second kappa shape index (κ2) is 6.33. The number of hydrogen-bond donors (Lipinski definition) is 1. The molecule has 1 fully saturated rings. The SMILES string of the molecule is COc1cccc(F)c1-c1c(C)c2cnc(NC(=O)C3CC3F)cc2n1C. The van der Waals surface area contributed by atoms with E-state index in [2.05, 4.69) is 10.3 Å². The predicted octanol–water partition coefficient (Wildman–Crippen LogP) is 3.99. The maximum Gasteiger partial charge on any atom is 0.231 e. The van der Waals surface area contributed by atoms with Gasteiger partial charge >= 0.3 is 0 Å². The first-order valence-corrected chi connectivity index (χ1v) is 8.65. The molecule has 1 saturated carbocycles. The number of amides is 1. The number of carbonyl (C=O) groups excluding carboxylic acids is 1. The molecule has 2 atom stereocenters. The molecule has 1 aliphatic carbocycles. The van der Waals surface area contributed by atoms with E-state index in [1.165, 1.54) is 13.2 Å². The molecule has 1 aromatic carbocycles. The number of nitrogens with zero attached hydrogens (tertiary/aromatic N) is 2. The van der Waals surface area contributed by atoms with Crippen molar-refractivity contribution in [3.8, 4) is 17.0 Å². The van der Waals surface area contributed by atoms with Crippen LogP contribution < -0.4 is 10.1 Å². The number of rotatable bonds is 4. The van der Waals surface area contributed by atoms with E-state index in [1.807, 2.05) is 18.5 Å². The van der Waals surface area contributed by atoms with E-state index in [4.69, 9.17) is 4.74 Å². The minimum Gasteiger partial charge on any atom is -0.496 e. The smallest absolute Gasteiger partial charge is 0.231 e. The quantitative estimate of drug-likeness (QED) is 0.754. The number of methoxy groups -OCH3 is 1. The first kappa shape index (κ1) is 17.5. The third-order valence-corrected chi connectivity index (χ3v) is 5.07. The second-order valence-corrected chi connectivity index (χ2v) is 6.78. The number of pyridine rings is 1. The number of anilines is 1. The minimum atomic E-state index is -1.06. The highest BCUT2D eigenvalue weighted by Crippen LogP contribution is 2.39. The van der Waals surface area contributed by atoms with Crippen molar-refractivity contribution in [2.24, 2.45) is 13.0 Å². The summed E-state index contributed by atoms with van der Waals surface area (Å²) < 4.78 is 34.8. The average molecular weight is 371 g/mol. The summed E-state index contributed by atoms with van der Waals surface area (Å²) in [5, 5.41) is 3.49. The Balaban J connectivity index is 1.81. The van der Waals surface area contributed by atoms with Gasteiger partial charge in [-0.2, -0.15) is 0 Å². The van der Waals surface area contributed by atoms with Crippen LogP contribution in [0.5, 0.6) is 5.75 Å². The van der Waals surface area contributed by atoms with Crippen LogP contribution in [0.25, 0.3) is 22.2 Å². The molecule has 3 aromatic rings. The third-order valence-electron chi connectivity index (χ3n) is 5.07. The maximum absolute atomic E-state index is 14.6. The fourth-order valence-corrected chi connectivity index (χ4v) is 3.49. The molecule has 1 amide bonds. The van der Waals surface area contributed by atoms with Gasteiger partial charge in [-0.05, 0) is 31.0 Å². The van der Waals surface area contributed by atoms with Crippen molar-refractivity contribution >= 4 is 22.6 Å². The predicted molar refractivity (Wildman–Crippen MR) is 99.0 cm³/mol. The van der Waals surface area contributed by atoms with Crippen molar-refractivity contribution in [2.45, 2.75) is 19.5 Å². The van der Waals surface area contributed by atoms with Crippen LogP contribution in [0.2, 0.25) is 0 Å².